The van der Waals surface area contributed by atoms with Crippen molar-refractivity contribution in [3.63, 3.8) is 0 Å². The second kappa shape index (κ2) is 6.16. The summed E-state index contributed by atoms with van der Waals surface area (Å²) in [5.74, 6) is 1.47. The van der Waals surface area contributed by atoms with Crippen LogP contribution < -0.4 is 0 Å². The normalized spacial score (nSPS) is 20.2. The maximum Gasteiger partial charge on any atom is 0.232 e. The summed E-state index contributed by atoms with van der Waals surface area (Å²) in [4.78, 5) is 11.5. The first-order valence-electron chi connectivity index (χ1n) is 8.02. The predicted molar refractivity (Wildman–Crippen MR) is 84.2 cm³/mol. The number of nitrogens with zero attached hydrogens (tertiary/aromatic N) is 4. The van der Waals surface area contributed by atoms with E-state index >= 15 is 0 Å². The van der Waals surface area contributed by atoms with Gasteiger partial charge >= 0.3 is 0 Å². The molecule has 0 N–H and O–H groups in total. The van der Waals surface area contributed by atoms with Gasteiger partial charge in [0.25, 0.3) is 0 Å². The first-order valence-corrected chi connectivity index (χ1v) is 8.02. The summed E-state index contributed by atoms with van der Waals surface area (Å²) >= 11 is 0. The number of piperidine rings is 1. The van der Waals surface area contributed by atoms with Crippen LogP contribution in [0, 0.1) is 0 Å². The summed E-state index contributed by atoms with van der Waals surface area (Å²) in [5, 5.41) is 4.16. The molecule has 1 saturated heterocycles. The Bertz CT molecular complexity index is 603. The Morgan fingerprint density at radius 2 is 2.14 bits per heavy atom. The summed E-state index contributed by atoms with van der Waals surface area (Å²) in [6.45, 7) is 8.03. The molecule has 3 heterocycles. The van der Waals surface area contributed by atoms with Gasteiger partial charge in [0.15, 0.2) is 5.82 Å². The molecular formula is C17H24N4O. The van der Waals surface area contributed by atoms with Crippen molar-refractivity contribution < 1.29 is 4.52 Å². The summed E-state index contributed by atoms with van der Waals surface area (Å²) in [5.41, 5.74) is 1.04. The van der Waals surface area contributed by atoms with E-state index in [2.05, 4.69) is 52.9 Å². The molecular weight excluding hydrogens is 276 g/mol. The molecule has 1 fully saturated rings. The number of aromatic nitrogens is 3. The zero-order valence-electron chi connectivity index (χ0n) is 13.6. The number of rotatable bonds is 3. The standard InChI is InChI=1S/C17H24N4O/c1-17(2,3)16-19-15(20-22-16)12-21-11-7-5-9-14(21)13-8-4-6-10-18-13/h4,6,8,10,14H,5,7,9,11-12H2,1-3H3/t14-/m1/s1. The van der Waals surface area contributed by atoms with Gasteiger partial charge in [-0.15, -0.1) is 0 Å². The van der Waals surface area contributed by atoms with Gasteiger partial charge in [0.2, 0.25) is 5.89 Å². The lowest BCUT2D eigenvalue weighted by molar-refractivity contribution is 0.132. The Morgan fingerprint density at radius 1 is 1.27 bits per heavy atom. The van der Waals surface area contributed by atoms with Gasteiger partial charge in [0, 0.05) is 11.6 Å². The average Bonchev–Trinajstić information content (AvgIpc) is 2.97. The molecule has 5 heteroatoms. The fourth-order valence-corrected chi connectivity index (χ4v) is 2.89. The minimum atomic E-state index is -0.104. The number of hydrogen-bond donors (Lipinski definition) is 0. The molecule has 3 rings (SSSR count). The highest BCUT2D eigenvalue weighted by Gasteiger charge is 2.27. The largest absolute Gasteiger partial charge is 0.339 e. The summed E-state index contributed by atoms with van der Waals surface area (Å²) < 4.78 is 5.41. The van der Waals surface area contributed by atoms with Crippen molar-refractivity contribution in [2.75, 3.05) is 6.54 Å². The highest BCUT2D eigenvalue weighted by Crippen LogP contribution is 2.30. The third-order valence-electron chi connectivity index (χ3n) is 4.10. The average molecular weight is 300 g/mol. The van der Waals surface area contributed by atoms with Crippen LogP contribution >= 0.6 is 0 Å². The lowest BCUT2D eigenvalue weighted by Gasteiger charge is -2.34. The van der Waals surface area contributed by atoms with E-state index in [1.807, 2.05) is 12.3 Å². The fraction of sp³-hybridized carbons (Fsp3) is 0.588. The Morgan fingerprint density at radius 3 is 2.82 bits per heavy atom. The zero-order chi connectivity index (χ0) is 15.6. The van der Waals surface area contributed by atoms with E-state index < -0.39 is 0 Å². The molecule has 0 unspecified atom stereocenters. The molecule has 0 saturated carbocycles. The predicted octanol–water partition coefficient (Wildman–Crippen LogP) is 3.49. The Kier molecular flexibility index (Phi) is 4.25. The van der Waals surface area contributed by atoms with Crippen LogP contribution in [0.1, 0.15) is 63.5 Å². The summed E-state index contributed by atoms with van der Waals surface area (Å²) in [7, 11) is 0. The molecule has 0 radical (unpaired) electrons. The quantitative estimate of drug-likeness (QED) is 0.868. The molecule has 22 heavy (non-hydrogen) atoms. The topological polar surface area (TPSA) is 55.1 Å². The molecule has 0 spiro atoms. The third kappa shape index (κ3) is 3.35. The number of pyridine rings is 1. The van der Waals surface area contributed by atoms with Gasteiger partial charge in [-0.3, -0.25) is 9.88 Å². The van der Waals surface area contributed by atoms with E-state index in [-0.39, 0.29) is 5.41 Å². The lowest BCUT2D eigenvalue weighted by Crippen LogP contribution is -2.33. The lowest BCUT2D eigenvalue weighted by atomic mass is 9.97. The van der Waals surface area contributed by atoms with Crippen molar-refractivity contribution in [1.82, 2.24) is 20.0 Å². The molecule has 2 aromatic rings. The Labute approximate surface area is 131 Å². The molecule has 1 aliphatic rings. The molecule has 5 nitrogen and oxygen atoms in total. The molecule has 0 bridgehead atoms. The van der Waals surface area contributed by atoms with Crippen molar-refractivity contribution in [2.24, 2.45) is 0 Å². The van der Waals surface area contributed by atoms with Crippen molar-refractivity contribution in [3.05, 3.63) is 41.8 Å². The molecule has 0 aliphatic carbocycles. The van der Waals surface area contributed by atoms with Gasteiger partial charge in [-0.05, 0) is 31.5 Å². The summed E-state index contributed by atoms with van der Waals surface area (Å²) in [6.07, 6.45) is 5.47. The number of hydrogen-bond acceptors (Lipinski definition) is 5. The van der Waals surface area contributed by atoms with Gasteiger partial charge in [-0.2, -0.15) is 4.98 Å². The highest BCUT2D eigenvalue weighted by atomic mass is 16.5. The molecule has 1 atom stereocenters. The van der Waals surface area contributed by atoms with Crippen molar-refractivity contribution >= 4 is 0 Å². The highest BCUT2D eigenvalue weighted by molar-refractivity contribution is 5.10. The van der Waals surface area contributed by atoms with Crippen LogP contribution in [0.3, 0.4) is 0 Å². The van der Waals surface area contributed by atoms with Gasteiger partial charge in [-0.25, -0.2) is 0 Å². The Hall–Kier alpha value is -1.75. The number of likely N-dealkylation sites (tertiary alicyclic amines) is 1. The monoisotopic (exact) mass is 300 g/mol. The van der Waals surface area contributed by atoms with Gasteiger partial charge in [0.05, 0.1) is 18.3 Å². The molecule has 0 amide bonds. The van der Waals surface area contributed by atoms with Crippen molar-refractivity contribution in [2.45, 2.75) is 58.0 Å². The zero-order valence-corrected chi connectivity index (χ0v) is 13.6. The van der Waals surface area contributed by atoms with Gasteiger partial charge < -0.3 is 4.52 Å². The van der Waals surface area contributed by atoms with E-state index in [1.54, 1.807) is 0 Å². The maximum atomic E-state index is 5.41. The van der Waals surface area contributed by atoms with Crippen molar-refractivity contribution in [3.8, 4) is 0 Å². The van der Waals surface area contributed by atoms with Crippen LogP contribution in [0.15, 0.2) is 28.9 Å². The van der Waals surface area contributed by atoms with Gasteiger partial charge in [-0.1, -0.05) is 38.4 Å². The van der Waals surface area contributed by atoms with Crippen LogP contribution in [-0.4, -0.2) is 26.6 Å². The van der Waals surface area contributed by atoms with Gasteiger partial charge in [0.1, 0.15) is 0 Å². The fourth-order valence-electron chi connectivity index (χ4n) is 2.89. The minimum absolute atomic E-state index is 0.104. The van der Waals surface area contributed by atoms with E-state index in [4.69, 9.17) is 4.52 Å². The Balaban J connectivity index is 1.76. The third-order valence-corrected chi connectivity index (χ3v) is 4.10. The van der Waals surface area contributed by atoms with Crippen LogP contribution in [0.25, 0.3) is 0 Å². The first-order chi connectivity index (χ1) is 10.5. The molecule has 0 aromatic carbocycles. The second-order valence-corrected chi connectivity index (χ2v) is 7.00. The smallest absolute Gasteiger partial charge is 0.232 e. The van der Waals surface area contributed by atoms with Crippen LogP contribution in [0.4, 0.5) is 0 Å². The maximum absolute atomic E-state index is 5.41. The van der Waals surface area contributed by atoms with Crippen LogP contribution in [0.2, 0.25) is 0 Å². The molecule has 118 valence electrons. The SMILES string of the molecule is CC(C)(C)c1nc(CN2CCCC[C@@H]2c2ccccn2)no1. The van der Waals surface area contributed by atoms with Crippen LogP contribution in [-0.2, 0) is 12.0 Å². The van der Waals surface area contributed by atoms with E-state index in [9.17, 15) is 0 Å². The van der Waals surface area contributed by atoms with E-state index in [0.29, 0.717) is 11.9 Å². The molecule has 1 aliphatic heterocycles. The molecule has 2 aromatic heterocycles. The van der Waals surface area contributed by atoms with Crippen molar-refractivity contribution in [1.29, 1.82) is 0 Å². The first kappa shape index (κ1) is 15.2. The van der Waals surface area contributed by atoms with E-state index in [0.717, 1.165) is 31.0 Å². The summed E-state index contributed by atoms with van der Waals surface area (Å²) in [6, 6.07) is 6.48. The van der Waals surface area contributed by atoms with Crippen LogP contribution in [0.5, 0.6) is 0 Å². The second-order valence-electron chi connectivity index (χ2n) is 7.00. The van der Waals surface area contributed by atoms with E-state index in [1.165, 1.54) is 12.8 Å². The minimum Gasteiger partial charge on any atom is -0.339 e.